The fraction of sp³-hybridized carbons (Fsp3) is 0.417. The second-order valence-corrected chi connectivity index (χ2v) is 4.56. The van der Waals surface area contributed by atoms with Crippen LogP contribution in [0.1, 0.15) is 25.3 Å². The molecular formula is C12H15Cl2NO. The van der Waals surface area contributed by atoms with Crippen LogP contribution in [-0.4, -0.2) is 17.9 Å². The van der Waals surface area contributed by atoms with Gasteiger partial charge in [0.15, 0.2) is 0 Å². The van der Waals surface area contributed by atoms with Crippen LogP contribution in [0.4, 0.5) is 0 Å². The van der Waals surface area contributed by atoms with Gasteiger partial charge < -0.3 is 4.90 Å². The van der Waals surface area contributed by atoms with Crippen LogP contribution in [0, 0.1) is 0 Å². The summed E-state index contributed by atoms with van der Waals surface area (Å²) in [4.78, 5) is 13.3. The molecule has 1 aromatic rings. The second-order valence-electron chi connectivity index (χ2n) is 3.75. The Kier molecular flexibility index (Phi) is 5.10. The summed E-state index contributed by atoms with van der Waals surface area (Å²) in [6.07, 6.45) is 1.45. The van der Waals surface area contributed by atoms with Crippen LogP contribution >= 0.6 is 23.2 Å². The minimum absolute atomic E-state index is 0.147. The van der Waals surface area contributed by atoms with Gasteiger partial charge in [0.1, 0.15) is 0 Å². The molecule has 0 bridgehead atoms. The molecule has 0 aliphatic rings. The smallest absolute Gasteiger partial charge is 0.222 e. The van der Waals surface area contributed by atoms with Crippen molar-refractivity contribution in [2.45, 2.75) is 26.3 Å². The van der Waals surface area contributed by atoms with Crippen molar-refractivity contribution in [1.82, 2.24) is 4.90 Å². The van der Waals surface area contributed by atoms with Crippen molar-refractivity contribution in [3.8, 4) is 0 Å². The van der Waals surface area contributed by atoms with Gasteiger partial charge in [-0.15, -0.1) is 0 Å². The second kappa shape index (κ2) is 6.12. The standard InChI is InChI=1S/C12H15Cl2NO/c1-3-4-12(16)15(2)8-9-5-6-10(13)11(14)7-9/h5-7H,3-4,8H2,1-2H3. The van der Waals surface area contributed by atoms with E-state index in [4.69, 9.17) is 23.2 Å². The number of benzene rings is 1. The Labute approximate surface area is 106 Å². The van der Waals surface area contributed by atoms with Crippen molar-refractivity contribution in [2.24, 2.45) is 0 Å². The first-order valence-electron chi connectivity index (χ1n) is 5.22. The van der Waals surface area contributed by atoms with Crippen LogP contribution < -0.4 is 0 Å². The van der Waals surface area contributed by atoms with E-state index in [1.54, 1.807) is 24.1 Å². The van der Waals surface area contributed by atoms with Crippen molar-refractivity contribution in [1.29, 1.82) is 0 Å². The number of halogens is 2. The third-order valence-electron chi connectivity index (χ3n) is 2.29. The van der Waals surface area contributed by atoms with Crippen LogP contribution in [0.3, 0.4) is 0 Å². The van der Waals surface area contributed by atoms with Gasteiger partial charge in [0.2, 0.25) is 5.91 Å². The van der Waals surface area contributed by atoms with E-state index < -0.39 is 0 Å². The maximum atomic E-state index is 11.6. The first kappa shape index (κ1) is 13.3. The molecule has 4 heteroatoms. The van der Waals surface area contributed by atoms with Crippen LogP contribution in [-0.2, 0) is 11.3 Å². The third kappa shape index (κ3) is 3.69. The molecule has 0 aliphatic heterocycles. The lowest BCUT2D eigenvalue weighted by Crippen LogP contribution is -2.25. The summed E-state index contributed by atoms with van der Waals surface area (Å²) in [6, 6.07) is 5.42. The average molecular weight is 260 g/mol. The van der Waals surface area contributed by atoms with E-state index in [0.29, 0.717) is 23.0 Å². The first-order valence-corrected chi connectivity index (χ1v) is 5.98. The van der Waals surface area contributed by atoms with E-state index in [-0.39, 0.29) is 5.91 Å². The molecule has 0 heterocycles. The summed E-state index contributed by atoms with van der Waals surface area (Å²) in [5.41, 5.74) is 0.987. The van der Waals surface area contributed by atoms with Gasteiger partial charge in [-0.05, 0) is 24.1 Å². The summed E-state index contributed by atoms with van der Waals surface area (Å²) in [5, 5.41) is 1.06. The van der Waals surface area contributed by atoms with Crippen molar-refractivity contribution < 1.29 is 4.79 Å². The molecule has 2 nitrogen and oxygen atoms in total. The molecule has 0 saturated carbocycles. The van der Waals surface area contributed by atoms with Crippen LogP contribution in [0.25, 0.3) is 0 Å². The maximum Gasteiger partial charge on any atom is 0.222 e. The van der Waals surface area contributed by atoms with E-state index in [1.165, 1.54) is 0 Å². The lowest BCUT2D eigenvalue weighted by molar-refractivity contribution is -0.130. The topological polar surface area (TPSA) is 20.3 Å². The van der Waals surface area contributed by atoms with Gasteiger partial charge in [0.05, 0.1) is 10.0 Å². The van der Waals surface area contributed by atoms with Crippen molar-refractivity contribution >= 4 is 29.1 Å². The molecule has 16 heavy (non-hydrogen) atoms. The summed E-state index contributed by atoms with van der Waals surface area (Å²) in [7, 11) is 1.79. The zero-order valence-corrected chi connectivity index (χ0v) is 11.0. The number of carbonyl (C=O) groups excluding carboxylic acids is 1. The van der Waals surface area contributed by atoms with E-state index in [2.05, 4.69) is 0 Å². The van der Waals surface area contributed by atoms with E-state index in [0.717, 1.165) is 12.0 Å². The summed E-state index contributed by atoms with van der Waals surface area (Å²) >= 11 is 11.7. The highest BCUT2D eigenvalue weighted by Gasteiger charge is 2.08. The van der Waals surface area contributed by atoms with Gasteiger partial charge in [0, 0.05) is 20.0 Å². The zero-order valence-electron chi connectivity index (χ0n) is 9.46. The van der Waals surface area contributed by atoms with Gasteiger partial charge in [-0.25, -0.2) is 0 Å². The molecule has 1 amide bonds. The van der Waals surface area contributed by atoms with Crippen molar-refractivity contribution in [3.63, 3.8) is 0 Å². The maximum absolute atomic E-state index is 11.6. The number of carbonyl (C=O) groups is 1. The predicted molar refractivity (Wildman–Crippen MR) is 67.8 cm³/mol. The van der Waals surface area contributed by atoms with E-state index >= 15 is 0 Å². The number of hydrogen-bond donors (Lipinski definition) is 0. The Morgan fingerprint density at radius 2 is 2.00 bits per heavy atom. The van der Waals surface area contributed by atoms with Gasteiger partial charge >= 0.3 is 0 Å². The molecule has 1 aromatic carbocycles. The highest BCUT2D eigenvalue weighted by molar-refractivity contribution is 6.42. The molecule has 88 valence electrons. The molecule has 0 fully saturated rings. The van der Waals surface area contributed by atoms with Crippen LogP contribution in [0.2, 0.25) is 10.0 Å². The first-order chi connectivity index (χ1) is 7.54. The van der Waals surface area contributed by atoms with E-state index in [1.807, 2.05) is 13.0 Å². The SMILES string of the molecule is CCCC(=O)N(C)Cc1ccc(Cl)c(Cl)c1. The Bertz CT molecular complexity index is 379. The summed E-state index contributed by atoms with van der Waals surface area (Å²) < 4.78 is 0. The minimum atomic E-state index is 0.147. The van der Waals surface area contributed by atoms with Gasteiger partial charge in [-0.3, -0.25) is 4.79 Å². The molecule has 0 spiro atoms. The molecule has 0 aliphatic carbocycles. The van der Waals surface area contributed by atoms with Crippen molar-refractivity contribution in [3.05, 3.63) is 33.8 Å². The lowest BCUT2D eigenvalue weighted by atomic mass is 10.2. The molecule has 1 rings (SSSR count). The highest BCUT2D eigenvalue weighted by atomic mass is 35.5. The number of nitrogens with zero attached hydrogens (tertiary/aromatic N) is 1. The molecule has 0 unspecified atom stereocenters. The normalized spacial score (nSPS) is 10.2. The fourth-order valence-corrected chi connectivity index (χ4v) is 1.73. The van der Waals surface area contributed by atoms with Crippen LogP contribution in [0.15, 0.2) is 18.2 Å². The largest absolute Gasteiger partial charge is 0.341 e. The van der Waals surface area contributed by atoms with Crippen molar-refractivity contribution in [2.75, 3.05) is 7.05 Å². The van der Waals surface area contributed by atoms with Crippen LogP contribution in [0.5, 0.6) is 0 Å². The molecule has 0 N–H and O–H groups in total. The summed E-state index contributed by atoms with van der Waals surface area (Å²) in [5.74, 6) is 0.147. The highest BCUT2D eigenvalue weighted by Crippen LogP contribution is 2.23. The zero-order chi connectivity index (χ0) is 12.1. The predicted octanol–water partition coefficient (Wildman–Crippen LogP) is 3.75. The van der Waals surface area contributed by atoms with E-state index in [9.17, 15) is 4.79 Å². The molecule has 0 radical (unpaired) electrons. The Morgan fingerprint density at radius 3 is 2.56 bits per heavy atom. The number of rotatable bonds is 4. The number of amides is 1. The molecule has 0 saturated heterocycles. The van der Waals surface area contributed by atoms with Gasteiger partial charge in [-0.2, -0.15) is 0 Å². The fourth-order valence-electron chi connectivity index (χ4n) is 1.40. The molecular weight excluding hydrogens is 245 g/mol. The summed E-state index contributed by atoms with van der Waals surface area (Å²) in [6.45, 7) is 2.56. The number of hydrogen-bond acceptors (Lipinski definition) is 1. The Hall–Kier alpha value is -0.730. The lowest BCUT2D eigenvalue weighted by Gasteiger charge is -2.17. The monoisotopic (exact) mass is 259 g/mol. The molecule has 0 aromatic heterocycles. The molecule has 0 atom stereocenters. The third-order valence-corrected chi connectivity index (χ3v) is 3.03. The minimum Gasteiger partial charge on any atom is -0.341 e. The quantitative estimate of drug-likeness (QED) is 0.807. The average Bonchev–Trinajstić information content (AvgIpc) is 2.24. The van der Waals surface area contributed by atoms with Gasteiger partial charge in [0.25, 0.3) is 0 Å². The van der Waals surface area contributed by atoms with Gasteiger partial charge in [-0.1, -0.05) is 36.2 Å². The Balaban J connectivity index is 2.66. The Morgan fingerprint density at radius 1 is 1.31 bits per heavy atom.